The Morgan fingerprint density at radius 2 is 2.12 bits per heavy atom. The van der Waals surface area contributed by atoms with E-state index in [0.717, 1.165) is 0 Å². The van der Waals surface area contributed by atoms with E-state index in [-0.39, 0.29) is 12.1 Å². The molecule has 2 amide bonds. The van der Waals surface area contributed by atoms with Crippen LogP contribution in [0.4, 0.5) is 10.5 Å². The van der Waals surface area contributed by atoms with Gasteiger partial charge in [-0.3, -0.25) is 9.36 Å². The summed E-state index contributed by atoms with van der Waals surface area (Å²) in [5, 5.41) is 5.82. The first-order valence-electron chi connectivity index (χ1n) is 7.33. The summed E-state index contributed by atoms with van der Waals surface area (Å²) in [5.41, 5.74) is 1.66. The molecule has 0 atom stereocenters. The first-order valence-corrected chi connectivity index (χ1v) is 7.71. The topological polar surface area (TPSA) is 85.2 Å². The third-order valence-corrected chi connectivity index (χ3v) is 3.80. The smallest absolute Gasteiger partial charge is 0.319 e. The molecule has 0 radical (unpaired) electrons. The number of halogens is 1. The molecule has 0 saturated carbocycles. The predicted molar refractivity (Wildman–Crippen MR) is 93.0 cm³/mol. The molecule has 8 heteroatoms. The second-order valence-electron chi connectivity index (χ2n) is 5.18. The standard InChI is InChI=1S/C16H19ClN4O3/c1-10-11(2)19-9-21(15(10)22)7-6-18-16(23)20-13-8-12(17)4-5-14(13)24-3/h4-5,8-9H,6-7H2,1-3H3,(H2,18,20,23). The number of nitrogens with one attached hydrogen (secondary N) is 2. The van der Waals surface area contributed by atoms with E-state index in [1.165, 1.54) is 18.0 Å². The summed E-state index contributed by atoms with van der Waals surface area (Å²) >= 11 is 5.91. The first-order chi connectivity index (χ1) is 11.4. The molecule has 0 aliphatic carbocycles. The highest BCUT2D eigenvalue weighted by atomic mass is 35.5. The molecule has 0 bridgehead atoms. The van der Waals surface area contributed by atoms with Crippen LogP contribution in [-0.4, -0.2) is 29.2 Å². The van der Waals surface area contributed by atoms with Gasteiger partial charge in [0.1, 0.15) is 5.75 Å². The van der Waals surface area contributed by atoms with Crippen molar-refractivity contribution in [3.05, 3.63) is 51.2 Å². The highest BCUT2D eigenvalue weighted by Gasteiger charge is 2.08. The fraction of sp³-hybridized carbons (Fsp3) is 0.312. The van der Waals surface area contributed by atoms with Crippen LogP contribution in [0.1, 0.15) is 11.3 Å². The lowest BCUT2D eigenvalue weighted by atomic mass is 10.3. The number of hydrogen-bond acceptors (Lipinski definition) is 4. The lowest BCUT2D eigenvalue weighted by Crippen LogP contribution is -2.34. The molecule has 0 spiro atoms. The van der Waals surface area contributed by atoms with Gasteiger partial charge in [0.25, 0.3) is 5.56 Å². The number of anilines is 1. The van der Waals surface area contributed by atoms with Crippen LogP contribution in [-0.2, 0) is 6.54 Å². The average molecular weight is 351 g/mol. The van der Waals surface area contributed by atoms with Crippen molar-refractivity contribution >= 4 is 23.3 Å². The molecule has 1 heterocycles. The van der Waals surface area contributed by atoms with E-state index in [1.807, 2.05) is 0 Å². The Morgan fingerprint density at radius 3 is 2.83 bits per heavy atom. The summed E-state index contributed by atoms with van der Waals surface area (Å²) in [6, 6.07) is 4.51. The van der Waals surface area contributed by atoms with Crippen molar-refractivity contribution in [2.45, 2.75) is 20.4 Å². The zero-order chi connectivity index (χ0) is 17.7. The van der Waals surface area contributed by atoms with Crippen molar-refractivity contribution in [1.82, 2.24) is 14.9 Å². The molecule has 1 aromatic carbocycles. The van der Waals surface area contributed by atoms with Crippen molar-refractivity contribution in [3.8, 4) is 5.75 Å². The number of hydrogen-bond donors (Lipinski definition) is 2. The van der Waals surface area contributed by atoms with E-state index in [1.54, 1.807) is 32.0 Å². The number of aryl methyl sites for hydroxylation is 1. The molecule has 0 fully saturated rings. The molecule has 2 N–H and O–H groups in total. The zero-order valence-corrected chi connectivity index (χ0v) is 14.5. The fourth-order valence-corrected chi connectivity index (χ4v) is 2.24. The van der Waals surface area contributed by atoms with E-state index in [4.69, 9.17) is 16.3 Å². The molecular weight excluding hydrogens is 332 g/mol. The molecule has 0 saturated heterocycles. The van der Waals surface area contributed by atoms with Crippen molar-refractivity contribution < 1.29 is 9.53 Å². The highest BCUT2D eigenvalue weighted by Crippen LogP contribution is 2.27. The van der Waals surface area contributed by atoms with E-state index >= 15 is 0 Å². The van der Waals surface area contributed by atoms with Crippen LogP contribution >= 0.6 is 11.6 Å². The van der Waals surface area contributed by atoms with Gasteiger partial charge in [-0.15, -0.1) is 0 Å². The largest absolute Gasteiger partial charge is 0.495 e. The molecule has 1 aromatic heterocycles. The molecule has 0 aliphatic heterocycles. The van der Waals surface area contributed by atoms with Crippen LogP contribution < -0.4 is 20.9 Å². The Balaban J connectivity index is 1.94. The predicted octanol–water partition coefficient (Wildman–Crippen LogP) is 2.34. The van der Waals surface area contributed by atoms with Gasteiger partial charge in [-0.25, -0.2) is 9.78 Å². The van der Waals surface area contributed by atoms with Gasteiger partial charge < -0.3 is 15.4 Å². The van der Waals surface area contributed by atoms with Crippen LogP contribution in [0.25, 0.3) is 0 Å². The number of nitrogens with zero attached hydrogens (tertiary/aromatic N) is 2. The summed E-state index contributed by atoms with van der Waals surface area (Å²) in [7, 11) is 1.51. The second kappa shape index (κ2) is 7.83. The van der Waals surface area contributed by atoms with Gasteiger partial charge in [-0.2, -0.15) is 0 Å². The van der Waals surface area contributed by atoms with Crippen molar-refractivity contribution in [2.75, 3.05) is 19.0 Å². The Bertz CT molecular complexity index is 804. The van der Waals surface area contributed by atoms with Gasteiger partial charge in [0.2, 0.25) is 0 Å². The molecule has 2 aromatic rings. The Morgan fingerprint density at radius 1 is 1.38 bits per heavy atom. The van der Waals surface area contributed by atoms with Gasteiger partial charge >= 0.3 is 6.03 Å². The van der Waals surface area contributed by atoms with Crippen LogP contribution in [0.5, 0.6) is 5.75 Å². The van der Waals surface area contributed by atoms with Crippen molar-refractivity contribution in [3.63, 3.8) is 0 Å². The minimum Gasteiger partial charge on any atom is -0.495 e. The van der Waals surface area contributed by atoms with E-state index in [2.05, 4.69) is 15.6 Å². The molecule has 0 unspecified atom stereocenters. The third kappa shape index (κ3) is 4.26. The molecule has 2 rings (SSSR count). The van der Waals surface area contributed by atoms with Crippen LogP contribution in [0.3, 0.4) is 0 Å². The van der Waals surface area contributed by atoms with E-state index in [0.29, 0.717) is 34.3 Å². The summed E-state index contributed by atoms with van der Waals surface area (Å²) in [4.78, 5) is 28.1. The number of urea groups is 1. The molecule has 7 nitrogen and oxygen atoms in total. The van der Waals surface area contributed by atoms with E-state index in [9.17, 15) is 9.59 Å². The number of carbonyl (C=O) groups is 1. The Hall–Kier alpha value is -2.54. The number of amides is 2. The summed E-state index contributed by atoms with van der Waals surface area (Å²) < 4.78 is 6.62. The summed E-state index contributed by atoms with van der Waals surface area (Å²) in [6.45, 7) is 4.11. The number of benzene rings is 1. The summed E-state index contributed by atoms with van der Waals surface area (Å²) in [5.74, 6) is 0.504. The quantitative estimate of drug-likeness (QED) is 0.866. The monoisotopic (exact) mass is 350 g/mol. The molecular formula is C16H19ClN4O3. The molecule has 24 heavy (non-hydrogen) atoms. The maximum atomic E-state index is 12.0. The van der Waals surface area contributed by atoms with Gasteiger partial charge in [-0.05, 0) is 32.0 Å². The number of rotatable bonds is 5. The number of methoxy groups -OCH3 is 1. The average Bonchev–Trinajstić information content (AvgIpc) is 2.55. The third-order valence-electron chi connectivity index (χ3n) is 3.56. The summed E-state index contributed by atoms with van der Waals surface area (Å²) in [6.07, 6.45) is 1.48. The van der Waals surface area contributed by atoms with Gasteiger partial charge in [0, 0.05) is 29.4 Å². The lowest BCUT2D eigenvalue weighted by Gasteiger charge is -2.12. The Labute approximate surface area is 144 Å². The zero-order valence-electron chi connectivity index (χ0n) is 13.7. The maximum Gasteiger partial charge on any atom is 0.319 e. The maximum absolute atomic E-state index is 12.0. The van der Waals surface area contributed by atoms with Crippen molar-refractivity contribution in [1.29, 1.82) is 0 Å². The van der Waals surface area contributed by atoms with Crippen LogP contribution in [0.2, 0.25) is 5.02 Å². The number of aromatic nitrogens is 2. The SMILES string of the molecule is COc1ccc(Cl)cc1NC(=O)NCCn1cnc(C)c(C)c1=O. The number of ether oxygens (including phenoxy) is 1. The van der Waals surface area contributed by atoms with Gasteiger partial charge in [0.05, 0.1) is 19.1 Å². The van der Waals surface area contributed by atoms with Gasteiger partial charge in [-0.1, -0.05) is 11.6 Å². The minimum atomic E-state index is -0.416. The van der Waals surface area contributed by atoms with Gasteiger partial charge in [0.15, 0.2) is 0 Å². The number of carbonyl (C=O) groups excluding carboxylic acids is 1. The molecule has 0 aliphatic rings. The molecule has 128 valence electrons. The van der Waals surface area contributed by atoms with E-state index < -0.39 is 6.03 Å². The van der Waals surface area contributed by atoms with Crippen LogP contribution in [0.15, 0.2) is 29.3 Å². The fourth-order valence-electron chi connectivity index (χ4n) is 2.07. The van der Waals surface area contributed by atoms with Crippen molar-refractivity contribution in [2.24, 2.45) is 0 Å². The second-order valence-corrected chi connectivity index (χ2v) is 5.62. The minimum absolute atomic E-state index is 0.110. The highest BCUT2D eigenvalue weighted by molar-refractivity contribution is 6.31. The lowest BCUT2D eigenvalue weighted by molar-refractivity contribution is 0.251. The van der Waals surface area contributed by atoms with Crippen LogP contribution in [0, 0.1) is 13.8 Å². The Kier molecular flexibility index (Phi) is 5.81. The first kappa shape index (κ1) is 17.8. The normalized spacial score (nSPS) is 10.3.